The fourth-order valence-corrected chi connectivity index (χ4v) is 2.52. The second-order valence-corrected chi connectivity index (χ2v) is 5.59. The Bertz CT molecular complexity index is 858. The second kappa shape index (κ2) is 5.64. The Morgan fingerprint density at radius 3 is 2.83 bits per heavy atom. The molecule has 0 saturated heterocycles. The molecule has 0 aliphatic heterocycles. The van der Waals surface area contributed by atoms with Crippen molar-refractivity contribution in [2.75, 3.05) is 13.7 Å². The summed E-state index contributed by atoms with van der Waals surface area (Å²) in [5.74, 6) is 0.199. The largest absolute Gasteiger partial charge is 0.494 e. The number of H-pyrrole nitrogens is 1. The minimum Gasteiger partial charge on any atom is -0.494 e. The molecule has 0 bridgehead atoms. The van der Waals surface area contributed by atoms with Gasteiger partial charge in [0, 0.05) is 23.7 Å². The van der Waals surface area contributed by atoms with Gasteiger partial charge in [-0.15, -0.1) is 0 Å². The molecule has 3 aromatic rings. The number of halogens is 1. The summed E-state index contributed by atoms with van der Waals surface area (Å²) in [6.07, 6.45) is 1.68. The molecule has 0 fully saturated rings. The third-order valence-corrected chi connectivity index (χ3v) is 3.95. The van der Waals surface area contributed by atoms with Crippen LogP contribution in [0.25, 0.3) is 22.2 Å². The molecule has 1 aromatic carbocycles. The van der Waals surface area contributed by atoms with Gasteiger partial charge in [-0.2, -0.15) is 0 Å². The van der Waals surface area contributed by atoms with E-state index in [1.165, 1.54) is 13.2 Å². The van der Waals surface area contributed by atoms with Crippen LogP contribution in [-0.2, 0) is 5.60 Å². The molecule has 1 atom stereocenters. The number of hydrogen-bond acceptors (Lipinski definition) is 4. The molecule has 0 aliphatic carbocycles. The Morgan fingerprint density at radius 2 is 2.13 bits per heavy atom. The SMILES string of the molecule is COc1ccc(C(C)(O)CN)nc1-c1c[nH]c2c(F)cccc12. The highest BCUT2D eigenvalue weighted by Gasteiger charge is 2.25. The molecule has 120 valence electrons. The van der Waals surface area contributed by atoms with Gasteiger partial charge in [-0.1, -0.05) is 12.1 Å². The van der Waals surface area contributed by atoms with Crippen molar-refractivity contribution < 1.29 is 14.2 Å². The van der Waals surface area contributed by atoms with Gasteiger partial charge in [0.05, 0.1) is 18.3 Å². The van der Waals surface area contributed by atoms with Crippen LogP contribution >= 0.6 is 0 Å². The van der Waals surface area contributed by atoms with Crippen molar-refractivity contribution in [2.45, 2.75) is 12.5 Å². The molecule has 1 unspecified atom stereocenters. The second-order valence-electron chi connectivity index (χ2n) is 5.59. The Balaban J connectivity index is 2.24. The average Bonchev–Trinajstić information content (AvgIpc) is 2.99. The molecule has 5 nitrogen and oxygen atoms in total. The standard InChI is InChI=1S/C17H18FN3O2/c1-17(22,9-19)14-7-6-13(23-2)16(21-14)11-8-20-15-10(11)4-3-5-12(15)18/h3-8,20,22H,9,19H2,1-2H3. The molecule has 0 spiro atoms. The van der Waals surface area contributed by atoms with Crippen LogP contribution in [0.1, 0.15) is 12.6 Å². The van der Waals surface area contributed by atoms with E-state index in [0.717, 1.165) is 0 Å². The number of para-hydroxylation sites is 1. The fraction of sp³-hybridized carbons (Fsp3) is 0.235. The first-order valence-electron chi connectivity index (χ1n) is 7.22. The summed E-state index contributed by atoms with van der Waals surface area (Å²) in [5, 5.41) is 11.0. The van der Waals surface area contributed by atoms with Crippen molar-refractivity contribution in [3.8, 4) is 17.0 Å². The number of nitrogens with zero attached hydrogens (tertiary/aromatic N) is 1. The number of benzene rings is 1. The number of hydrogen-bond donors (Lipinski definition) is 3. The maximum absolute atomic E-state index is 13.9. The van der Waals surface area contributed by atoms with Crippen LogP contribution in [-0.4, -0.2) is 28.7 Å². The molecule has 0 radical (unpaired) electrons. The predicted molar refractivity (Wildman–Crippen MR) is 86.7 cm³/mol. The normalized spacial score (nSPS) is 14.0. The Morgan fingerprint density at radius 1 is 1.35 bits per heavy atom. The molecule has 2 heterocycles. The summed E-state index contributed by atoms with van der Waals surface area (Å²) >= 11 is 0. The van der Waals surface area contributed by atoms with E-state index < -0.39 is 5.60 Å². The van der Waals surface area contributed by atoms with Gasteiger partial charge in [-0.3, -0.25) is 0 Å². The topological polar surface area (TPSA) is 84.2 Å². The molecular weight excluding hydrogens is 297 g/mol. The maximum Gasteiger partial charge on any atom is 0.147 e. The molecular formula is C17H18FN3O2. The van der Waals surface area contributed by atoms with Crippen molar-refractivity contribution in [1.29, 1.82) is 0 Å². The number of rotatable bonds is 4. The highest BCUT2D eigenvalue weighted by atomic mass is 19.1. The molecule has 4 N–H and O–H groups in total. The predicted octanol–water partition coefficient (Wildman–Crippen LogP) is 2.54. The lowest BCUT2D eigenvalue weighted by molar-refractivity contribution is 0.0622. The van der Waals surface area contributed by atoms with Crippen LogP contribution in [0.3, 0.4) is 0 Å². The first-order valence-corrected chi connectivity index (χ1v) is 7.22. The van der Waals surface area contributed by atoms with E-state index in [0.29, 0.717) is 33.6 Å². The number of nitrogens with two attached hydrogens (primary N) is 1. The number of pyridine rings is 1. The molecule has 3 rings (SSSR count). The van der Waals surface area contributed by atoms with Crippen LogP contribution in [0.15, 0.2) is 36.5 Å². The third-order valence-electron chi connectivity index (χ3n) is 3.95. The third kappa shape index (κ3) is 2.56. The zero-order chi connectivity index (χ0) is 16.6. The van der Waals surface area contributed by atoms with Gasteiger partial charge in [0.2, 0.25) is 0 Å². The van der Waals surface area contributed by atoms with E-state index >= 15 is 0 Å². The first kappa shape index (κ1) is 15.5. The summed E-state index contributed by atoms with van der Waals surface area (Å²) in [5.41, 5.74) is 6.42. The van der Waals surface area contributed by atoms with E-state index in [1.807, 2.05) is 0 Å². The molecule has 0 saturated carbocycles. The Hall–Kier alpha value is -2.44. The van der Waals surface area contributed by atoms with E-state index in [4.69, 9.17) is 10.5 Å². The van der Waals surface area contributed by atoms with Crippen LogP contribution in [0.2, 0.25) is 0 Å². The fourth-order valence-electron chi connectivity index (χ4n) is 2.52. The monoisotopic (exact) mass is 315 g/mol. The molecule has 23 heavy (non-hydrogen) atoms. The van der Waals surface area contributed by atoms with E-state index in [-0.39, 0.29) is 12.4 Å². The molecule has 0 amide bonds. The van der Waals surface area contributed by atoms with Gasteiger partial charge in [0.1, 0.15) is 22.9 Å². The quantitative estimate of drug-likeness (QED) is 0.691. The van der Waals surface area contributed by atoms with Gasteiger partial charge in [0.25, 0.3) is 0 Å². The van der Waals surface area contributed by atoms with Gasteiger partial charge in [-0.05, 0) is 25.1 Å². The highest BCUT2D eigenvalue weighted by molar-refractivity contribution is 5.96. The van der Waals surface area contributed by atoms with E-state index in [9.17, 15) is 9.50 Å². The van der Waals surface area contributed by atoms with Crippen molar-refractivity contribution in [1.82, 2.24) is 9.97 Å². The smallest absolute Gasteiger partial charge is 0.147 e. The Kier molecular flexibility index (Phi) is 3.79. The van der Waals surface area contributed by atoms with Gasteiger partial charge in [-0.25, -0.2) is 9.37 Å². The molecule has 0 aliphatic rings. The van der Waals surface area contributed by atoms with E-state index in [2.05, 4.69) is 9.97 Å². The van der Waals surface area contributed by atoms with Gasteiger partial charge >= 0.3 is 0 Å². The summed E-state index contributed by atoms with van der Waals surface area (Å²) in [6.45, 7) is 1.63. The lowest BCUT2D eigenvalue weighted by Gasteiger charge is -2.21. The minimum atomic E-state index is -1.25. The summed E-state index contributed by atoms with van der Waals surface area (Å²) in [6, 6.07) is 8.23. The number of nitrogens with one attached hydrogen (secondary N) is 1. The molecule has 6 heteroatoms. The number of fused-ring (bicyclic) bond motifs is 1. The van der Waals surface area contributed by atoms with E-state index in [1.54, 1.807) is 37.4 Å². The zero-order valence-corrected chi connectivity index (χ0v) is 12.9. The van der Waals surface area contributed by atoms with Crippen LogP contribution in [0.5, 0.6) is 5.75 Å². The number of aromatic nitrogens is 2. The summed E-state index contributed by atoms with van der Waals surface area (Å²) in [4.78, 5) is 7.43. The summed E-state index contributed by atoms with van der Waals surface area (Å²) in [7, 11) is 1.54. The van der Waals surface area contributed by atoms with Gasteiger partial charge < -0.3 is 20.6 Å². The number of aromatic amines is 1. The highest BCUT2D eigenvalue weighted by Crippen LogP contribution is 2.35. The number of ether oxygens (including phenoxy) is 1. The number of aliphatic hydroxyl groups is 1. The lowest BCUT2D eigenvalue weighted by atomic mass is 10.0. The lowest BCUT2D eigenvalue weighted by Crippen LogP contribution is -2.32. The first-order chi connectivity index (χ1) is 11.0. The number of methoxy groups -OCH3 is 1. The maximum atomic E-state index is 13.9. The van der Waals surface area contributed by atoms with Crippen molar-refractivity contribution >= 4 is 10.9 Å². The average molecular weight is 315 g/mol. The van der Waals surface area contributed by atoms with Crippen molar-refractivity contribution in [3.63, 3.8) is 0 Å². The van der Waals surface area contributed by atoms with Crippen molar-refractivity contribution in [2.24, 2.45) is 5.73 Å². The Labute approximate surface area is 132 Å². The zero-order valence-electron chi connectivity index (χ0n) is 12.9. The van der Waals surface area contributed by atoms with Crippen molar-refractivity contribution in [3.05, 3.63) is 48.0 Å². The van der Waals surface area contributed by atoms with Crippen LogP contribution in [0.4, 0.5) is 4.39 Å². The molecule has 2 aromatic heterocycles. The van der Waals surface area contributed by atoms with Gasteiger partial charge in [0.15, 0.2) is 0 Å². The van der Waals surface area contributed by atoms with Crippen LogP contribution < -0.4 is 10.5 Å². The minimum absolute atomic E-state index is 0.0360. The summed E-state index contributed by atoms with van der Waals surface area (Å²) < 4.78 is 19.2. The van der Waals surface area contributed by atoms with Crippen LogP contribution in [0, 0.1) is 5.82 Å².